The quantitative estimate of drug-likeness (QED) is 0.278. The van der Waals surface area contributed by atoms with Gasteiger partial charge in [-0.1, -0.05) is 0 Å². The number of carbonyl (C=O) groups excluding carboxylic acids is 3. The summed E-state index contributed by atoms with van der Waals surface area (Å²) in [4.78, 5) is 34.2. The van der Waals surface area contributed by atoms with Crippen molar-refractivity contribution >= 4 is 23.6 Å². The van der Waals surface area contributed by atoms with Crippen molar-refractivity contribution in [3.63, 3.8) is 0 Å². The van der Waals surface area contributed by atoms with E-state index in [0.29, 0.717) is 0 Å². The minimum Gasteiger partial charge on any atom is -0.267 e. The fourth-order valence-electron chi connectivity index (χ4n) is 0.561. The van der Waals surface area contributed by atoms with E-state index in [1.165, 1.54) is 0 Å². The van der Waals surface area contributed by atoms with E-state index in [0.717, 1.165) is 0 Å². The standard InChI is InChI=1S/C4H2N4O3/c5-8-1-2(9)6-4(11)7-3(1)10/h5H,(H-,6,7,9,10,11)/p+1. The van der Waals surface area contributed by atoms with Crippen molar-refractivity contribution in [2.75, 3.05) is 0 Å². The second-order valence-electron chi connectivity index (χ2n) is 1.70. The molecule has 1 saturated heterocycles. The van der Waals surface area contributed by atoms with Gasteiger partial charge in [0, 0.05) is 0 Å². The number of carbonyl (C=O) groups is 3. The highest BCUT2D eigenvalue weighted by Gasteiger charge is 2.39. The van der Waals surface area contributed by atoms with Gasteiger partial charge >= 0.3 is 23.6 Å². The van der Waals surface area contributed by atoms with Crippen molar-refractivity contribution in [1.82, 2.24) is 10.6 Å². The van der Waals surface area contributed by atoms with Crippen molar-refractivity contribution in [2.24, 2.45) is 0 Å². The van der Waals surface area contributed by atoms with Crippen molar-refractivity contribution in [1.29, 1.82) is 5.53 Å². The predicted octanol–water partition coefficient (Wildman–Crippen LogP) is -1.97. The fourth-order valence-corrected chi connectivity index (χ4v) is 0.561. The van der Waals surface area contributed by atoms with E-state index in [4.69, 9.17) is 5.53 Å². The van der Waals surface area contributed by atoms with Gasteiger partial charge < -0.3 is 0 Å². The SMILES string of the molecule is N=[N+]=C1C(=O)NC(=O)NC1=O. The third-order valence-electron chi connectivity index (χ3n) is 0.996. The lowest BCUT2D eigenvalue weighted by Gasteiger charge is -2.04. The van der Waals surface area contributed by atoms with E-state index < -0.39 is 23.6 Å². The van der Waals surface area contributed by atoms with E-state index in [-0.39, 0.29) is 0 Å². The smallest absolute Gasteiger partial charge is 0.267 e. The summed E-state index contributed by atoms with van der Waals surface area (Å²) in [6.07, 6.45) is 0. The Bertz CT molecular complexity index is 278. The maximum atomic E-state index is 10.6. The Balaban J connectivity index is 3.02. The lowest BCUT2D eigenvalue weighted by molar-refractivity contribution is -0.146. The lowest BCUT2D eigenvalue weighted by atomic mass is 10.3. The molecule has 1 heterocycles. The van der Waals surface area contributed by atoms with Gasteiger partial charge in [0.25, 0.3) is 0 Å². The van der Waals surface area contributed by atoms with Crippen LogP contribution < -0.4 is 10.6 Å². The first-order valence-electron chi connectivity index (χ1n) is 2.56. The summed E-state index contributed by atoms with van der Waals surface area (Å²) < 4.78 is 0. The van der Waals surface area contributed by atoms with Crippen LogP contribution >= 0.6 is 0 Å². The Morgan fingerprint density at radius 2 is 1.55 bits per heavy atom. The second-order valence-corrected chi connectivity index (χ2v) is 1.70. The Morgan fingerprint density at radius 1 is 1.09 bits per heavy atom. The number of nitrogens with zero attached hydrogens (tertiary/aromatic N) is 1. The van der Waals surface area contributed by atoms with Gasteiger partial charge in [0.2, 0.25) is 0 Å². The van der Waals surface area contributed by atoms with Crippen molar-refractivity contribution in [3.8, 4) is 0 Å². The lowest BCUT2D eigenvalue weighted by Crippen LogP contribution is -2.56. The molecule has 0 saturated carbocycles. The molecule has 11 heavy (non-hydrogen) atoms. The molecule has 7 heteroatoms. The molecule has 1 aliphatic heterocycles. The summed E-state index contributed by atoms with van der Waals surface area (Å²) in [5.41, 5.74) is 5.76. The molecule has 7 nitrogen and oxygen atoms in total. The number of hydrogen-bond donors (Lipinski definition) is 3. The number of hydrogen-bond acceptors (Lipinski definition) is 4. The number of rotatable bonds is 0. The van der Waals surface area contributed by atoms with Crippen LogP contribution in [-0.2, 0) is 9.59 Å². The van der Waals surface area contributed by atoms with Crippen LogP contribution in [0.4, 0.5) is 4.79 Å². The normalized spacial score (nSPS) is 17.1. The molecule has 56 valence electrons. The number of nitrogens with one attached hydrogen (secondary N) is 3. The van der Waals surface area contributed by atoms with Crippen LogP contribution in [0.15, 0.2) is 0 Å². The fraction of sp³-hybridized carbons (Fsp3) is 0. The highest BCUT2D eigenvalue weighted by molar-refractivity contribution is 6.66. The molecule has 1 fully saturated rings. The Labute approximate surface area is 60.0 Å². The van der Waals surface area contributed by atoms with E-state index in [2.05, 4.69) is 4.79 Å². The largest absolute Gasteiger partial charge is 0.492 e. The molecule has 1 rings (SSSR count). The number of amides is 4. The van der Waals surface area contributed by atoms with Crippen molar-refractivity contribution in [3.05, 3.63) is 0 Å². The summed E-state index contributed by atoms with van der Waals surface area (Å²) in [5.74, 6) is -1.90. The van der Waals surface area contributed by atoms with Crippen LogP contribution in [0.5, 0.6) is 0 Å². The van der Waals surface area contributed by atoms with Gasteiger partial charge in [-0.05, 0) is 0 Å². The van der Waals surface area contributed by atoms with Crippen LogP contribution in [0.3, 0.4) is 0 Å². The van der Waals surface area contributed by atoms with E-state index >= 15 is 0 Å². The topological polar surface area (TPSA) is 113 Å². The molecule has 1 aliphatic rings. The molecular formula is C4H3N4O3+. The van der Waals surface area contributed by atoms with Crippen LogP contribution in [-0.4, -0.2) is 28.3 Å². The van der Waals surface area contributed by atoms with Crippen molar-refractivity contribution < 1.29 is 19.2 Å². The number of imide groups is 2. The molecule has 0 aromatic carbocycles. The molecule has 0 aliphatic carbocycles. The van der Waals surface area contributed by atoms with Gasteiger partial charge in [-0.15, -0.1) is 0 Å². The Kier molecular flexibility index (Phi) is 1.49. The molecule has 0 aromatic rings. The zero-order valence-electron chi connectivity index (χ0n) is 5.17. The summed E-state index contributed by atoms with van der Waals surface area (Å²) in [7, 11) is 0. The first-order chi connectivity index (χ1) is 5.15. The van der Waals surface area contributed by atoms with E-state index in [1.54, 1.807) is 10.6 Å². The molecule has 0 atom stereocenters. The van der Waals surface area contributed by atoms with Crippen LogP contribution in [0.25, 0.3) is 0 Å². The molecule has 4 amide bonds. The molecular weight excluding hydrogens is 152 g/mol. The Morgan fingerprint density at radius 3 is 1.91 bits per heavy atom. The van der Waals surface area contributed by atoms with Gasteiger partial charge in [-0.3, -0.25) is 20.2 Å². The molecule has 0 unspecified atom stereocenters. The van der Waals surface area contributed by atoms with Crippen molar-refractivity contribution in [2.45, 2.75) is 0 Å². The predicted molar refractivity (Wildman–Crippen MR) is 29.7 cm³/mol. The molecule has 0 radical (unpaired) electrons. The van der Waals surface area contributed by atoms with Gasteiger partial charge in [-0.25, -0.2) is 4.79 Å². The second kappa shape index (κ2) is 2.31. The zero-order chi connectivity index (χ0) is 8.43. The molecule has 0 bridgehead atoms. The third kappa shape index (κ3) is 1.12. The third-order valence-corrected chi connectivity index (χ3v) is 0.996. The first-order valence-corrected chi connectivity index (χ1v) is 2.56. The van der Waals surface area contributed by atoms with Gasteiger partial charge in [0.05, 0.1) is 10.3 Å². The van der Waals surface area contributed by atoms with E-state index in [9.17, 15) is 14.4 Å². The summed E-state index contributed by atoms with van der Waals surface area (Å²) in [6.45, 7) is 0. The molecule has 0 aromatic heterocycles. The maximum absolute atomic E-state index is 10.6. The monoisotopic (exact) mass is 155 g/mol. The van der Waals surface area contributed by atoms with Gasteiger partial charge in [-0.2, -0.15) is 0 Å². The first kappa shape index (κ1) is 7.10. The summed E-state index contributed by atoms with van der Waals surface area (Å²) in [5, 5.41) is 3.50. The average Bonchev–Trinajstić information content (AvgIpc) is 1.85. The number of urea groups is 1. The van der Waals surface area contributed by atoms with Crippen LogP contribution in [0.1, 0.15) is 0 Å². The van der Waals surface area contributed by atoms with E-state index in [1.807, 2.05) is 0 Å². The molecule has 3 N–H and O–H groups in total. The maximum Gasteiger partial charge on any atom is 0.492 e. The molecule has 0 spiro atoms. The Hall–Kier alpha value is -2.01. The van der Waals surface area contributed by atoms with Crippen LogP contribution in [0.2, 0.25) is 0 Å². The van der Waals surface area contributed by atoms with Gasteiger partial charge in [0.15, 0.2) is 0 Å². The average molecular weight is 155 g/mol. The zero-order valence-corrected chi connectivity index (χ0v) is 5.17. The summed E-state index contributed by atoms with van der Waals surface area (Å²) >= 11 is 0. The number of barbiturate groups is 1. The minimum absolute atomic E-state index is 0.621. The van der Waals surface area contributed by atoms with Gasteiger partial charge in [0.1, 0.15) is 0 Å². The summed E-state index contributed by atoms with van der Waals surface area (Å²) in [6, 6.07) is -0.896. The minimum atomic E-state index is -0.950. The van der Waals surface area contributed by atoms with Crippen LogP contribution in [0, 0.1) is 5.53 Å². The highest BCUT2D eigenvalue weighted by atomic mass is 16.2. The highest BCUT2D eigenvalue weighted by Crippen LogP contribution is 1.82.